The van der Waals surface area contributed by atoms with Crippen LogP contribution in [0.25, 0.3) is 0 Å². The smallest absolute Gasteiger partial charge is 0.319 e. The average molecular weight is 357 g/mol. The van der Waals surface area contributed by atoms with Crippen molar-refractivity contribution in [1.82, 2.24) is 10.6 Å². The van der Waals surface area contributed by atoms with Gasteiger partial charge in [-0.3, -0.25) is 9.59 Å². The lowest BCUT2D eigenvalue weighted by atomic mass is 9.77. The van der Waals surface area contributed by atoms with E-state index < -0.39 is 5.54 Å². The maximum absolute atomic E-state index is 11.9. The number of amides is 1. The van der Waals surface area contributed by atoms with Crippen molar-refractivity contribution in [2.24, 2.45) is 17.1 Å². The van der Waals surface area contributed by atoms with Crippen molar-refractivity contribution in [3.05, 3.63) is 12.3 Å². The predicted octanol–water partition coefficient (Wildman–Crippen LogP) is 0.921. The molecule has 0 aromatic carbocycles. The second kappa shape index (κ2) is 10.4. The average Bonchev–Trinajstić information content (AvgIpc) is 2.48. The fourth-order valence-corrected chi connectivity index (χ4v) is 2.73. The first-order chi connectivity index (χ1) is 11.5. The van der Waals surface area contributed by atoms with Crippen LogP contribution in [-0.4, -0.2) is 48.8 Å². The highest BCUT2D eigenvalue weighted by molar-refractivity contribution is 5.75. The maximum atomic E-state index is 11.9. The second-order valence-electron chi connectivity index (χ2n) is 7.62. The summed E-state index contributed by atoms with van der Waals surface area (Å²) >= 11 is 0. The topological polar surface area (TPSA) is 114 Å². The Morgan fingerprint density at radius 3 is 2.32 bits per heavy atom. The number of aliphatic hydroxyl groups excluding tert-OH is 1. The van der Waals surface area contributed by atoms with Crippen molar-refractivity contribution in [3.63, 3.8) is 0 Å². The third kappa shape index (κ3) is 8.36. The Balaban J connectivity index is 5.02. The summed E-state index contributed by atoms with van der Waals surface area (Å²) in [6.07, 6.45) is 1.15. The van der Waals surface area contributed by atoms with E-state index in [0.717, 1.165) is 0 Å². The summed E-state index contributed by atoms with van der Waals surface area (Å²) in [7, 11) is 0. The molecule has 0 aromatic rings. The Kier molecular flexibility index (Phi) is 9.74. The van der Waals surface area contributed by atoms with Gasteiger partial charge in [0.1, 0.15) is 0 Å². The van der Waals surface area contributed by atoms with Crippen molar-refractivity contribution in [1.29, 1.82) is 0 Å². The van der Waals surface area contributed by atoms with Crippen molar-refractivity contribution in [2.45, 2.75) is 53.0 Å². The number of carbonyl (C=O) groups is 2. The van der Waals surface area contributed by atoms with Gasteiger partial charge in [-0.15, -0.1) is 0 Å². The molecule has 0 heterocycles. The summed E-state index contributed by atoms with van der Waals surface area (Å²) in [5, 5.41) is 15.2. The lowest BCUT2D eigenvalue weighted by Gasteiger charge is -2.41. The van der Waals surface area contributed by atoms with E-state index in [2.05, 4.69) is 17.2 Å². The van der Waals surface area contributed by atoms with Crippen LogP contribution in [0.15, 0.2) is 12.3 Å². The van der Waals surface area contributed by atoms with E-state index in [1.807, 2.05) is 27.7 Å². The summed E-state index contributed by atoms with van der Waals surface area (Å²) in [5.74, 6) is -0.735. The van der Waals surface area contributed by atoms with Crippen LogP contribution in [0.2, 0.25) is 0 Å². The molecule has 0 saturated carbocycles. The minimum Gasteiger partial charge on any atom is -0.464 e. The molecule has 25 heavy (non-hydrogen) atoms. The highest BCUT2D eigenvalue weighted by Crippen LogP contribution is 2.28. The summed E-state index contributed by atoms with van der Waals surface area (Å²) in [5.41, 5.74) is 5.26. The van der Waals surface area contributed by atoms with E-state index >= 15 is 0 Å². The Hall–Kier alpha value is -1.60. The van der Waals surface area contributed by atoms with Gasteiger partial charge in [-0.1, -0.05) is 40.7 Å². The number of nitrogens with two attached hydrogens (primary N) is 1. The predicted molar refractivity (Wildman–Crippen MR) is 98.6 cm³/mol. The Morgan fingerprint density at radius 1 is 1.32 bits per heavy atom. The Labute approximate surface area is 151 Å². The zero-order valence-electron chi connectivity index (χ0n) is 16.3. The van der Waals surface area contributed by atoms with Crippen molar-refractivity contribution >= 4 is 11.9 Å². The summed E-state index contributed by atoms with van der Waals surface area (Å²) in [6.45, 7) is 13.7. The molecule has 0 spiro atoms. The first kappa shape index (κ1) is 23.4. The summed E-state index contributed by atoms with van der Waals surface area (Å²) in [4.78, 5) is 23.6. The van der Waals surface area contributed by atoms with Crippen LogP contribution in [0.4, 0.5) is 0 Å². The zero-order chi connectivity index (χ0) is 19.7. The Morgan fingerprint density at radius 2 is 1.92 bits per heavy atom. The third-order valence-electron chi connectivity index (χ3n) is 3.98. The SMILES string of the molecule is C=C(N)C(CNCC(=O)OCC(C)(C)C)(NC(C)=O)C(CC)CCO. The molecule has 0 aliphatic rings. The molecule has 1 amide bonds. The van der Waals surface area contributed by atoms with Gasteiger partial charge in [0.25, 0.3) is 0 Å². The largest absolute Gasteiger partial charge is 0.464 e. The lowest BCUT2D eigenvalue weighted by molar-refractivity contribution is -0.145. The van der Waals surface area contributed by atoms with Gasteiger partial charge in [-0.05, 0) is 17.8 Å². The summed E-state index contributed by atoms with van der Waals surface area (Å²) < 4.78 is 5.21. The molecule has 146 valence electrons. The van der Waals surface area contributed by atoms with Gasteiger partial charge in [0.15, 0.2) is 0 Å². The standard InChI is InChI=1S/C18H35N3O4/c1-7-15(8-9-22)18(13(2)19,21-14(3)23)11-20-10-16(24)25-12-17(4,5)6/h15,20,22H,2,7-12,19H2,1,3-6H3,(H,21,23). The second-order valence-corrected chi connectivity index (χ2v) is 7.62. The van der Waals surface area contributed by atoms with E-state index in [-0.39, 0.29) is 42.9 Å². The first-order valence-corrected chi connectivity index (χ1v) is 8.69. The van der Waals surface area contributed by atoms with Crippen LogP contribution in [0.3, 0.4) is 0 Å². The van der Waals surface area contributed by atoms with Crippen LogP contribution in [0.5, 0.6) is 0 Å². The molecule has 0 aliphatic carbocycles. The van der Waals surface area contributed by atoms with Crippen LogP contribution in [0, 0.1) is 11.3 Å². The number of carbonyl (C=O) groups excluding carboxylic acids is 2. The number of hydrogen-bond acceptors (Lipinski definition) is 6. The number of hydrogen-bond donors (Lipinski definition) is 4. The quantitative estimate of drug-likeness (QED) is 0.409. The highest BCUT2D eigenvalue weighted by Gasteiger charge is 2.40. The molecule has 0 saturated heterocycles. The van der Waals surface area contributed by atoms with Crippen LogP contribution >= 0.6 is 0 Å². The third-order valence-corrected chi connectivity index (χ3v) is 3.98. The number of esters is 1. The van der Waals surface area contributed by atoms with Crippen LogP contribution in [-0.2, 0) is 14.3 Å². The van der Waals surface area contributed by atoms with Gasteiger partial charge in [0.05, 0.1) is 18.7 Å². The van der Waals surface area contributed by atoms with Gasteiger partial charge in [0.2, 0.25) is 5.91 Å². The Bertz CT molecular complexity index is 460. The molecule has 2 atom stereocenters. The van der Waals surface area contributed by atoms with Gasteiger partial charge in [0, 0.05) is 25.8 Å². The van der Waals surface area contributed by atoms with Crippen molar-refractivity contribution < 1.29 is 19.4 Å². The number of ether oxygens (including phenoxy) is 1. The molecular weight excluding hydrogens is 322 g/mol. The lowest BCUT2D eigenvalue weighted by Crippen LogP contribution is -2.62. The first-order valence-electron chi connectivity index (χ1n) is 8.69. The van der Waals surface area contributed by atoms with Crippen molar-refractivity contribution in [3.8, 4) is 0 Å². The van der Waals surface area contributed by atoms with E-state index in [4.69, 9.17) is 10.5 Å². The summed E-state index contributed by atoms with van der Waals surface area (Å²) in [6, 6.07) is 0. The van der Waals surface area contributed by atoms with E-state index in [9.17, 15) is 14.7 Å². The fraction of sp³-hybridized carbons (Fsp3) is 0.778. The number of rotatable bonds is 11. The molecule has 0 aliphatic heterocycles. The minimum absolute atomic E-state index is 0.000252. The van der Waals surface area contributed by atoms with E-state index in [0.29, 0.717) is 25.1 Å². The molecule has 2 unspecified atom stereocenters. The highest BCUT2D eigenvalue weighted by atomic mass is 16.5. The molecular formula is C18H35N3O4. The number of aliphatic hydroxyl groups is 1. The van der Waals surface area contributed by atoms with E-state index in [1.54, 1.807) is 0 Å². The fourth-order valence-electron chi connectivity index (χ4n) is 2.73. The van der Waals surface area contributed by atoms with Gasteiger partial charge < -0.3 is 26.2 Å². The van der Waals surface area contributed by atoms with E-state index in [1.165, 1.54) is 6.92 Å². The monoisotopic (exact) mass is 357 g/mol. The van der Waals surface area contributed by atoms with Gasteiger partial charge in [-0.25, -0.2) is 0 Å². The van der Waals surface area contributed by atoms with Crippen molar-refractivity contribution in [2.75, 3.05) is 26.3 Å². The molecule has 7 nitrogen and oxygen atoms in total. The maximum Gasteiger partial charge on any atom is 0.319 e. The van der Waals surface area contributed by atoms with Crippen LogP contribution in [0.1, 0.15) is 47.5 Å². The number of nitrogens with one attached hydrogen (secondary N) is 2. The molecule has 5 N–H and O–H groups in total. The molecule has 0 bridgehead atoms. The van der Waals surface area contributed by atoms with Gasteiger partial charge >= 0.3 is 5.97 Å². The zero-order valence-corrected chi connectivity index (χ0v) is 16.3. The molecule has 0 radical (unpaired) electrons. The molecule has 0 aromatic heterocycles. The minimum atomic E-state index is -0.937. The van der Waals surface area contributed by atoms with Crippen LogP contribution < -0.4 is 16.4 Å². The molecule has 0 rings (SSSR count). The molecule has 0 fully saturated rings. The normalized spacial score (nSPS) is 15.1. The molecule has 7 heteroatoms. The van der Waals surface area contributed by atoms with Gasteiger partial charge in [-0.2, -0.15) is 0 Å².